The first-order valence-corrected chi connectivity index (χ1v) is 11.8. The quantitative estimate of drug-likeness (QED) is 0.248. The summed E-state index contributed by atoms with van der Waals surface area (Å²) in [4.78, 5) is 38.3. The van der Waals surface area contributed by atoms with Gasteiger partial charge in [0, 0.05) is 5.69 Å². The summed E-state index contributed by atoms with van der Waals surface area (Å²) in [5, 5.41) is 2.01. The smallest absolute Gasteiger partial charge is 0.294 e. The van der Waals surface area contributed by atoms with Gasteiger partial charge in [-0.15, -0.1) is 0 Å². The minimum absolute atomic E-state index is 0.228. The van der Waals surface area contributed by atoms with Gasteiger partial charge in [-0.05, 0) is 105 Å². The maximum atomic E-state index is 13.0. The molecule has 2 aromatic rings. The summed E-state index contributed by atoms with van der Waals surface area (Å²) in [6, 6.07) is 8.88. The van der Waals surface area contributed by atoms with Gasteiger partial charge in [0.2, 0.25) is 5.91 Å². The van der Waals surface area contributed by atoms with Gasteiger partial charge < -0.3 is 10.1 Å². The number of imide groups is 1. The highest BCUT2D eigenvalue weighted by Crippen LogP contribution is 2.34. The van der Waals surface area contributed by atoms with Crippen LogP contribution in [-0.2, 0) is 9.59 Å². The molecule has 1 fully saturated rings. The second-order valence-electron chi connectivity index (χ2n) is 6.24. The molecule has 1 aliphatic heterocycles. The lowest BCUT2D eigenvalue weighted by molar-refractivity contribution is -0.127. The normalized spacial score (nSPS) is 14.8. The van der Waals surface area contributed by atoms with E-state index in [0.29, 0.717) is 12.3 Å². The molecule has 0 saturated carbocycles. The fourth-order valence-corrected chi connectivity index (χ4v) is 5.57. The molecule has 0 unspecified atom stereocenters. The molecule has 0 bridgehead atoms. The number of benzene rings is 2. The Hall–Kier alpha value is -1.93. The van der Waals surface area contributed by atoms with Crippen molar-refractivity contribution in [1.82, 2.24) is 4.90 Å². The van der Waals surface area contributed by atoms with Crippen LogP contribution in [0.1, 0.15) is 5.56 Å². The summed E-state index contributed by atoms with van der Waals surface area (Å²) >= 11 is 5.06. The molecule has 0 aliphatic carbocycles. The molecule has 1 aliphatic rings. The third-order valence-corrected chi connectivity index (χ3v) is 6.48. The van der Waals surface area contributed by atoms with E-state index in [1.807, 2.05) is 12.1 Å². The Morgan fingerprint density at radius 3 is 2.45 bits per heavy atom. The third kappa shape index (κ3) is 6.07. The minimum Gasteiger partial charge on any atom is -0.487 e. The van der Waals surface area contributed by atoms with E-state index in [1.165, 1.54) is 24.3 Å². The molecular weight excluding hydrogens is 649 g/mol. The van der Waals surface area contributed by atoms with Crippen LogP contribution >= 0.6 is 56.9 Å². The number of nitrogens with zero attached hydrogens (tertiary/aromatic N) is 1. The zero-order chi connectivity index (χ0) is 22.5. The number of carbonyl (C=O) groups excluding carboxylic acids is 3. The fourth-order valence-electron chi connectivity index (χ4n) is 2.61. The molecule has 0 radical (unpaired) electrons. The number of carbonyl (C=O) groups is 3. The van der Waals surface area contributed by atoms with Gasteiger partial charge in [0.15, 0.2) is 0 Å². The van der Waals surface area contributed by atoms with Crippen molar-refractivity contribution in [1.29, 1.82) is 0 Å². The van der Waals surface area contributed by atoms with E-state index in [0.717, 1.165) is 35.1 Å². The van der Waals surface area contributed by atoms with Crippen molar-refractivity contribution in [2.75, 3.05) is 18.5 Å². The molecule has 0 spiro atoms. The first-order valence-electron chi connectivity index (χ1n) is 8.82. The lowest BCUT2D eigenvalue weighted by atomic mass is 10.2. The van der Waals surface area contributed by atoms with Crippen LogP contribution in [0.25, 0.3) is 6.08 Å². The summed E-state index contributed by atoms with van der Waals surface area (Å²) in [6.45, 7) is 3.58. The van der Waals surface area contributed by atoms with Crippen LogP contribution in [0.5, 0.6) is 5.75 Å². The van der Waals surface area contributed by atoms with E-state index < -0.39 is 29.4 Å². The van der Waals surface area contributed by atoms with E-state index in [-0.39, 0.29) is 4.91 Å². The molecule has 0 aromatic heterocycles. The van der Waals surface area contributed by atoms with Gasteiger partial charge in [-0.3, -0.25) is 19.3 Å². The number of hydrogen-bond acceptors (Lipinski definition) is 5. The van der Waals surface area contributed by atoms with Crippen LogP contribution in [0.15, 0.2) is 54.0 Å². The van der Waals surface area contributed by atoms with E-state index in [9.17, 15) is 18.8 Å². The van der Waals surface area contributed by atoms with E-state index in [4.69, 9.17) is 4.74 Å². The van der Waals surface area contributed by atoms with Crippen molar-refractivity contribution >= 4 is 85.8 Å². The zero-order valence-corrected chi connectivity index (χ0v) is 21.0. The van der Waals surface area contributed by atoms with Crippen LogP contribution in [0.2, 0.25) is 0 Å². The summed E-state index contributed by atoms with van der Waals surface area (Å²) in [5.74, 6) is -0.799. The standard InChI is InChI=1S/C21H15FI2N2O4S/c1-2-7-30-19-15(23)8-12(9-16(19)24)10-17-20(28)26(21(29)31-17)11-18(27)25-14-5-3-13(22)4-6-14/h2-6,8-10H,1,7,11H2,(H,25,27)/b17-10-. The van der Waals surface area contributed by atoms with Crippen molar-refractivity contribution in [2.45, 2.75) is 0 Å². The molecule has 0 atom stereocenters. The number of amides is 3. The average Bonchev–Trinajstić information content (AvgIpc) is 2.96. The number of hydrogen-bond donors (Lipinski definition) is 1. The Labute approximate surface area is 209 Å². The Morgan fingerprint density at radius 1 is 1.19 bits per heavy atom. The summed E-state index contributed by atoms with van der Waals surface area (Å²) in [5.41, 5.74) is 1.11. The molecule has 2 aromatic carbocycles. The van der Waals surface area contributed by atoms with Crippen LogP contribution in [0.4, 0.5) is 14.9 Å². The molecule has 3 rings (SSSR count). The van der Waals surface area contributed by atoms with Gasteiger partial charge in [0.25, 0.3) is 11.1 Å². The SMILES string of the molecule is C=CCOc1c(I)cc(/C=C2\SC(=O)N(CC(=O)Nc3ccc(F)cc3)C2=O)cc1I. The second kappa shape index (κ2) is 10.6. The fraction of sp³-hybridized carbons (Fsp3) is 0.0952. The molecule has 160 valence electrons. The monoisotopic (exact) mass is 664 g/mol. The van der Waals surface area contributed by atoms with Gasteiger partial charge in [0.1, 0.15) is 24.7 Å². The van der Waals surface area contributed by atoms with E-state index in [2.05, 4.69) is 57.1 Å². The van der Waals surface area contributed by atoms with E-state index >= 15 is 0 Å². The van der Waals surface area contributed by atoms with Crippen LogP contribution in [0.3, 0.4) is 0 Å². The number of thioether (sulfide) groups is 1. The predicted molar refractivity (Wildman–Crippen MR) is 135 cm³/mol. The Balaban J connectivity index is 1.72. The molecule has 1 heterocycles. The highest BCUT2D eigenvalue weighted by atomic mass is 127. The maximum Gasteiger partial charge on any atom is 0.294 e. The predicted octanol–water partition coefficient (Wildman–Crippen LogP) is 5.27. The zero-order valence-electron chi connectivity index (χ0n) is 15.9. The van der Waals surface area contributed by atoms with Crippen molar-refractivity contribution < 1.29 is 23.5 Å². The van der Waals surface area contributed by atoms with Gasteiger partial charge in [-0.1, -0.05) is 12.7 Å². The molecule has 1 N–H and O–H groups in total. The first kappa shape index (κ1) is 23.7. The van der Waals surface area contributed by atoms with Gasteiger partial charge in [0.05, 0.1) is 12.0 Å². The van der Waals surface area contributed by atoms with Crippen molar-refractivity contribution in [3.05, 3.63) is 72.5 Å². The third-order valence-electron chi connectivity index (χ3n) is 3.97. The maximum absolute atomic E-state index is 13.0. The van der Waals surface area contributed by atoms with E-state index in [1.54, 1.807) is 12.2 Å². The van der Waals surface area contributed by atoms with Gasteiger partial charge in [-0.2, -0.15) is 0 Å². The summed E-state index contributed by atoms with van der Waals surface area (Å²) < 4.78 is 20.3. The molecule has 10 heteroatoms. The minimum atomic E-state index is -0.553. The Bertz CT molecular complexity index is 1070. The number of ether oxygens (including phenoxy) is 1. The average molecular weight is 664 g/mol. The van der Waals surface area contributed by atoms with Crippen LogP contribution in [-0.4, -0.2) is 35.1 Å². The Morgan fingerprint density at radius 2 is 1.84 bits per heavy atom. The lowest BCUT2D eigenvalue weighted by Crippen LogP contribution is -2.36. The second-order valence-corrected chi connectivity index (χ2v) is 9.55. The lowest BCUT2D eigenvalue weighted by Gasteiger charge is -2.12. The van der Waals surface area contributed by atoms with Crippen molar-refractivity contribution in [3.8, 4) is 5.75 Å². The highest BCUT2D eigenvalue weighted by Gasteiger charge is 2.36. The first-order chi connectivity index (χ1) is 14.8. The highest BCUT2D eigenvalue weighted by molar-refractivity contribution is 14.1. The largest absolute Gasteiger partial charge is 0.487 e. The number of nitrogens with one attached hydrogen (secondary N) is 1. The van der Waals surface area contributed by atoms with Crippen LogP contribution in [0, 0.1) is 13.0 Å². The van der Waals surface area contributed by atoms with Crippen molar-refractivity contribution in [2.24, 2.45) is 0 Å². The van der Waals surface area contributed by atoms with Gasteiger partial charge in [-0.25, -0.2) is 4.39 Å². The molecule has 3 amide bonds. The van der Waals surface area contributed by atoms with Crippen molar-refractivity contribution in [3.63, 3.8) is 0 Å². The summed E-state index contributed by atoms with van der Waals surface area (Å²) in [7, 11) is 0. The number of halogens is 3. The van der Waals surface area contributed by atoms with Gasteiger partial charge >= 0.3 is 0 Å². The number of anilines is 1. The molecule has 31 heavy (non-hydrogen) atoms. The molecule has 6 nitrogen and oxygen atoms in total. The Kier molecular flexibility index (Phi) is 8.11. The molecular formula is C21H15FI2N2O4S. The number of rotatable bonds is 7. The molecule has 1 saturated heterocycles. The topological polar surface area (TPSA) is 75.7 Å². The van der Waals surface area contributed by atoms with Crippen LogP contribution < -0.4 is 10.1 Å². The summed E-state index contributed by atoms with van der Waals surface area (Å²) in [6.07, 6.45) is 3.27.